The molecule has 5 nitrogen and oxygen atoms in total. The summed E-state index contributed by atoms with van der Waals surface area (Å²) in [6.07, 6.45) is 4.38. The summed E-state index contributed by atoms with van der Waals surface area (Å²) in [6.45, 7) is 8.47. The van der Waals surface area contributed by atoms with Gasteiger partial charge in [-0.1, -0.05) is 26.7 Å². The first-order valence-electron chi connectivity index (χ1n) is 8.99. The van der Waals surface area contributed by atoms with Crippen LogP contribution in [-0.4, -0.2) is 66.0 Å². The van der Waals surface area contributed by atoms with E-state index in [1.807, 2.05) is 6.07 Å². The van der Waals surface area contributed by atoms with Crippen LogP contribution in [0.3, 0.4) is 0 Å². The Morgan fingerprint density at radius 2 is 1.40 bits per heavy atom. The van der Waals surface area contributed by atoms with Crippen molar-refractivity contribution in [1.82, 2.24) is 0 Å². The Labute approximate surface area is 170 Å². The molecule has 141 valence electrons. The Bertz CT molecular complexity index is 481. The molecule has 1 aliphatic rings. The molecule has 0 spiro atoms. The molecule has 1 heterocycles. The van der Waals surface area contributed by atoms with Gasteiger partial charge in [-0.05, 0) is 36.1 Å². The fraction of sp³-hybridized carbons (Fsp3) is 0.684. The summed E-state index contributed by atoms with van der Waals surface area (Å²) in [5.41, 5.74) is 2.44. The van der Waals surface area contributed by atoms with Gasteiger partial charge in [0.05, 0.1) is 33.0 Å². The second-order valence-electron chi connectivity index (χ2n) is 5.86. The fourth-order valence-electron chi connectivity index (χ4n) is 2.53. The fourth-order valence-corrected chi connectivity index (χ4v) is 2.53. The maximum Gasteiger partial charge on any atom is 0.231 e. The molecule has 1 aromatic rings. The summed E-state index contributed by atoms with van der Waals surface area (Å²) in [4.78, 5) is 0. The Kier molecular flexibility index (Phi) is 12.4. The summed E-state index contributed by atoms with van der Waals surface area (Å²) in [5, 5.41) is 0. The first-order chi connectivity index (χ1) is 11.8. The van der Waals surface area contributed by atoms with Crippen LogP contribution in [-0.2, 0) is 27.2 Å². The van der Waals surface area contributed by atoms with Crippen molar-refractivity contribution in [3.8, 4) is 11.5 Å². The van der Waals surface area contributed by atoms with E-state index in [1.54, 1.807) is 0 Å². The molecular weight excluding hydrogens is 517 g/mol. The molecule has 0 fully saturated rings. The molecule has 0 amide bonds. The van der Waals surface area contributed by atoms with Crippen molar-refractivity contribution in [2.75, 3.05) is 39.8 Å². The van der Waals surface area contributed by atoms with Crippen molar-refractivity contribution >= 4 is 26.2 Å². The van der Waals surface area contributed by atoms with Crippen molar-refractivity contribution in [1.29, 1.82) is 0 Å². The number of rotatable bonds is 13. The Morgan fingerprint density at radius 1 is 0.800 bits per heavy atom. The minimum atomic E-state index is 0. The van der Waals surface area contributed by atoms with Crippen molar-refractivity contribution in [2.45, 2.75) is 46.1 Å². The van der Waals surface area contributed by atoms with E-state index in [2.05, 4.69) is 19.9 Å². The predicted molar refractivity (Wildman–Crippen MR) is 98.5 cm³/mol. The number of unbranched alkanes of at least 4 members (excludes halogenated alkanes) is 1. The van der Waals surface area contributed by atoms with Gasteiger partial charge in [-0.15, -0.1) is 0 Å². The third-order valence-electron chi connectivity index (χ3n) is 3.86. The Balaban J connectivity index is 0.00000312. The number of fused-ring (bicyclic) bond motifs is 1. The van der Waals surface area contributed by atoms with Gasteiger partial charge in [0.25, 0.3) is 0 Å². The normalized spacial score (nSPS) is 12.2. The van der Waals surface area contributed by atoms with Crippen LogP contribution in [0.25, 0.3) is 0 Å². The monoisotopic (exact) mass is 547 g/mol. The van der Waals surface area contributed by atoms with Gasteiger partial charge in [0.1, 0.15) is 0 Å². The smallest absolute Gasteiger partial charge is 0.231 e. The predicted octanol–water partition coefficient (Wildman–Crippen LogP) is 3.34. The van der Waals surface area contributed by atoms with E-state index in [0.29, 0.717) is 39.8 Å². The van der Waals surface area contributed by atoms with Crippen LogP contribution in [0.5, 0.6) is 11.5 Å². The molecule has 0 saturated heterocycles. The topological polar surface area (TPSA) is 46.2 Å². The molecule has 0 aromatic heterocycles. The molecular formula is C19H30BiO5. The van der Waals surface area contributed by atoms with Crippen LogP contribution in [0.15, 0.2) is 12.1 Å². The van der Waals surface area contributed by atoms with Crippen LogP contribution >= 0.6 is 0 Å². The molecule has 0 saturated carbocycles. The van der Waals surface area contributed by atoms with E-state index in [9.17, 15) is 0 Å². The van der Waals surface area contributed by atoms with Crippen molar-refractivity contribution < 1.29 is 23.7 Å². The zero-order valence-electron chi connectivity index (χ0n) is 15.4. The molecule has 25 heavy (non-hydrogen) atoms. The maximum absolute atomic E-state index is 5.75. The van der Waals surface area contributed by atoms with Crippen molar-refractivity contribution in [2.24, 2.45) is 0 Å². The van der Waals surface area contributed by atoms with Crippen molar-refractivity contribution in [3.63, 3.8) is 0 Å². The van der Waals surface area contributed by atoms with Crippen LogP contribution in [0.1, 0.15) is 44.2 Å². The van der Waals surface area contributed by atoms with Crippen LogP contribution in [0.2, 0.25) is 0 Å². The van der Waals surface area contributed by atoms with Gasteiger partial charge in [-0.25, -0.2) is 0 Å². The molecule has 2 rings (SSSR count). The Hall–Kier alpha value is -0.417. The van der Waals surface area contributed by atoms with E-state index in [0.717, 1.165) is 43.8 Å². The third-order valence-corrected chi connectivity index (χ3v) is 3.86. The summed E-state index contributed by atoms with van der Waals surface area (Å²) in [7, 11) is 0. The second-order valence-corrected chi connectivity index (χ2v) is 5.86. The first-order valence-corrected chi connectivity index (χ1v) is 8.99. The van der Waals surface area contributed by atoms with Gasteiger partial charge in [0, 0.05) is 32.8 Å². The summed E-state index contributed by atoms with van der Waals surface area (Å²) in [6, 6.07) is 4.12. The standard InChI is InChI=1S/C19H30O5.Bi/c1-3-5-7-20-8-9-21-10-11-22-14-17-13-19-18(23-15-24-19)12-16(17)6-4-2;/h12-13H,3-11,14-15H2,1-2H3;. The van der Waals surface area contributed by atoms with Gasteiger partial charge in [-0.2, -0.15) is 0 Å². The number of hydrogen-bond acceptors (Lipinski definition) is 5. The zero-order valence-corrected chi connectivity index (χ0v) is 18.9. The molecule has 3 radical (unpaired) electrons. The van der Waals surface area contributed by atoms with Gasteiger partial charge in [0.2, 0.25) is 6.79 Å². The van der Waals surface area contributed by atoms with Gasteiger partial charge >= 0.3 is 0 Å². The SMILES string of the molecule is CCCCOCCOCCOCc1cc2c(cc1CCC)OCO2.[Bi]. The number of benzene rings is 1. The molecule has 1 aromatic carbocycles. The average molecular weight is 547 g/mol. The number of ether oxygens (including phenoxy) is 5. The van der Waals surface area contributed by atoms with E-state index < -0.39 is 0 Å². The minimum Gasteiger partial charge on any atom is -0.454 e. The molecule has 0 bridgehead atoms. The number of aryl methyl sites for hydroxylation is 1. The van der Waals surface area contributed by atoms with E-state index in [-0.39, 0.29) is 26.2 Å². The molecule has 0 N–H and O–H groups in total. The zero-order chi connectivity index (χ0) is 17.0. The van der Waals surface area contributed by atoms with Gasteiger partial charge in [-0.3, -0.25) is 0 Å². The summed E-state index contributed by atoms with van der Waals surface area (Å²) >= 11 is 0. The first kappa shape index (κ1) is 22.6. The van der Waals surface area contributed by atoms with Crippen LogP contribution in [0.4, 0.5) is 0 Å². The molecule has 0 atom stereocenters. The Morgan fingerprint density at radius 3 is 2.04 bits per heavy atom. The average Bonchev–Trinajstić information content (AvgIpc) is 3.04. The molecule has 0 aliphatic carbocycles. The minimum absolute atomic E-state index is 0. The quantitative estimate of drug-likeness (QED) is 0.280. The molecule has 0 unspecified atom stereocenters. The van der Waals surface area contributed by atoms with Crippen LogP contribution < -0.4 is 9.47 Å². The summed E-state index contributed by atoms with van der Waals surface area (Å²) in [5.74, 6) is 1.66. The van der Waals surface area contributed by atoms with Gasteiger partial charge in [0.15, 0.2) is 11.5 Å². The summed E-state index contributed by atoms with van der Waals surface area (Å²) < 4.78 is 27.6. The van der Waals surface area contributed by atoms with Gasteiger partial charge < -0.3 is 23.7 Å². The maximum atomic E-state index is 5.75. The number of hydrogen-bond donors (Lipinski definition) is 0. The second kappa shape index (κ2) is 13.7. The third kappa shape index (κ3) is 8.21. The molecule has 1 aliphatic heterocycles. The van der Waals surface area contributed by atoms with E-state index in [1.165, 1.54) is 11.1 Å². The molecule has 6 heteroatoms. The van der Waals surface area contributed by atoms with Crippen LogP contribution in [0, 0.1) is 0 Å². The largest absolute Gasteiger partial charge is 0.454 e. The van der Waals surface area contributed by atoms with Crippen molar-refractivity contribution in [3.05, 3.63) is 23.3 Å². The van der Waals surface area contributed by atoms with E-state index in [4.69, 9.17) is 23.7 Å². The van der Waals surface area contributed by atoms with E-state index >= 15 is 0 Å².